The molecule has 0 spiro atoms. The molecule has 0 bridgehead atoms. The Kier molecular flexibility index (Phi) is 6.95. The number of halogens is 1. The molecular weight excluding hydrogens is 357 g/mol. The number of cyclic esters (lactones) is 1. The third-order valence-corrected chi connectivity index (χ3v) is 4.41. The first-order chi connectivity index (χ1) is 13.7. The number of ether oxygens (including phenoxy) is 2. The number of carbonyl (C=O) groups is 1. The molecule has 146 valence electrons. The third-order valence-electron chi connectivity index (χ3n) is 4.41. The van der Waals surface area contributed by atoms with Crippen molar-refractivity contribution in [1.82, 2.24) is 0 Å². The summed E-state index contributed by atoms with van der Waals surface area (Å²) in [6, 6.07) is 13.2. The van der Waals surface area contributed by atoms with E-state index in [1.54, 1.807) is 6.08 Å². The summed E-state index contributed by atoms with van der Waals surface area (Å²) in [5, 5.41) is 0. The van der Waals surface area contributed by atoms with E-state index >= 15 is 0 Å². The third kappa shape index (κ3) is 5.52. The zero-order valence-corrected chi connectivity index (χ0v) is 16.0. The van der Waals surface area contributed by atoms with Crippen molar-refractivity contribution >= 4 is 17.9 Å². The Hall–Kier alpha value is -2.95. The van der Waals surface area contributed by atoms with Crippen molar-refractivity contribution < 1.29 is 18.7 Å². The summed E-state index contributed by atoms with van der Waals surface area (Å²) >= 11 is 0. The lowest BCUT2D eigenvalue weighted by Crippen LogP contribution is -2.05. The lowest BCUT2D eigenvalue weighted by molar-refractivity contribution is -0.129. The molecule has 0 amide bonds. The van der Waals surface area contributed by atoms with E-state index < -0.39 is 5.97 Å². The minimum Gasteiger partial charge on any atom is -0.494 e. The van der Waals surface area contributed by atoms with Crippen LogP contribution in [0.5, 0.6) is 5.75 Å². The Morgan fingerprint density at radius 3 is 2.43 bits per heavy atom. The van der Waals surface area contributed by atoms with E-state index in [9.17, 15) is 9.18 Å². The summed E-state index contributed by atoms with van der Waals surface area (Å²) in [4.78, 5) is 16.3. The first-order valence-electron chi connectivity index (χ1n) is 9.67. The van der Waals surface area contributed by atoms with Crippen LogP contribution in [-0.2, 0) is 9.53 Å². The molecule has 28 heavy (non-hydrogen) atoms. The fourth-order valence-corrected chi connectivity index (χ4v) is 2.84. The van der Waals surface area contributed by atoms with Gasteiger partial charge in [-0.05, 0) is 54.5 Å². The fraction of sp³-hybridized carbons (Fsp3) is 0.304. The highest BCUT2D eigenvalue weighted by molar-refractivity contribution is 6.12. The molecule has 0 radical (unpaired) electrons. The highest BCUT2D eigenvalue weighted by Gasteiger charge is 2.24. The topological polar surface area (TPSA) is 47.9 Å². The minimum atomic E-state index is -0.522. The van der Waals surface area contributed by atoms with Crippen LogP contribution in [0.1, 0.15) is 50.2 Å². The van der Waals surface area contributed by atoms with Gasteiger partial charge in [-0.3, -0.25) is 0 Å². The van der Waals surface area contributed by atoms with Crippen molar-refractivity contribution in [2.45, 2.75) is 39.0 Å². The van der Waals surface area contributed by atoms with Crippen molar-refractivity contribution in [1.29, 1.82) is 0 Å². The van der Waals surface area contributed by atoms with Gasteiger partial charge in [0.2, 0.25) is 5.90 Å². The average Bonchev–Trinajstić information content (AvgIpc) is 3.07. The van der Waals surface area contributed by atoms with E-state index in [1.165, 1.54) is 49.9 Å². The van der Waals surface area contributed by atoms with Gasteiger partial charge in [0, 0.05) is 5.56 Å². The molecule has 1 heterocycles. The average molecular weight is 381 g/mol. The molecule has 0 fully saturated rings. The summed E-state index contributed by atoms with van der Waals surface area (Å²) in [6.45, 7) is 2.91. The number of esters is 1. The van der Waals surface area contributed by atoms with Crippen LogP contribution in [0.3, 0.4) is 0 Å². The van der Waals surface area contributed by atoms with E-state index in [-0.39, 0.29) is 17.4 Å². The van der Waals surface area contributed by atoms with Gasteiger partial charge in [-0.1, -0.05) is 44.7 Å². The number of nitrogens with zero attached hydrogens (tertiary/aromatic N) is 1. The predicted octanol–water partition coefficient (Wildman–Crippen LogP) is 5.52. The Labute approximate surface area is 164 Å². The van der Waals surface area contributed by atoms with Crippen LogP contribution >= 0.6 is 0 Å². The Bertz CT molecular complexity index is 854. The maximum absolute atomic E-state index is 13.0. The van der Waals surface area contributed by atoms with Gasteiger partial charge in [0.15, 0.2) is 5.70 Å². The molecule has 0 atom stereocenters. The number of carbonyl (C=O) groups excluding carboxylic acids is 1. The molecule has 0 aromatic heterocycles. The number of hydrogen-bond acceptors (Lipinski definition) is 4. The van der Waals surface area contributed by atoms with Gasteiger partial charge in [0.1, 0.15) is 11.6 Å². The monoisotopic (exact) mass is 381 g/mol. The van der Waals surface area contributed by atoms with Gasteiger partial charge in [-0.15, -0.1) is 0 Å². The van der Waals surface area contributed by atoms with E-state index in [0.29, 0.717) is 12.2 Å². The standard InChI is InChI=1S/C23H24FNO3/c1-2-3-4-5-6-15-27-20-13-7-17(8-14-20)16-21-23(26)28-22(25-21)18-9-11-19(24)12-10-18/h7-14,16H,2-6,15H2,1H3. The number of aliphatic imine (C=N–C) groups is 1. The second-order valence-electron chi connectivity index (χ2n) is 6.67. The van der Waals surface area contributed by atoms with Crippen LogP contribution in [-0.4, -0.2) is 18.5 Å². The largest absolute Gasteiger partial charge is 0.494 e. The Balaban J connectivity index is 1.58. The van der Waals surface area contributed by atoms with Crippen molar-refractivity contribution in [3.8, 4) is 5.75 Å². The molecule has 1 aliphatic rings. The van der Waals surface area contributed by atoms with E-state index in [2.05, 4.69) is 11.9 Å². The molecule has 2 aromatic carbocycles. The molecule has 4 nitrogen and oxygen atoms in total. The van der Waals surface area contributed by atoms with Crippen molar-refractivity contribution in [3.05, 3.63) is 71.2 Å². The maximum Gasteiger partial charge on any atom is 0.363 e. The zero-order valence-electron chi connectivity index (χ0n) is 16.0. The smallest absolute Gasteiger partial charge is 0.363 e. The highest BCUT2D eigenvalue weighted by atomic mass is 19.1. The van der Waals surface area contributed by atoms with E-state index in [0.717, 1.165) is 17.7 Å². The van der Waals surface area contributed by atoms with Crippen LogP contribution in [0.4, 0.5) is 4.39 Å². The first kappa shape index (κ1) is 19.8. The second kappa shape index (κ2) is 9.83. The van der Waals surface area contributed by atoms with Crippen molar-refractivity contribution in [3.63, 3.8) is 0 Å². The lowest BCUT2D eigenvalue weighted by atomic mass is 10.1. The molecule has 0 N–H and O–H groups in total. The van der Waals surface area contributed by atoms with Crippen LogP contribution < -0.4 is 4.74 Å². The molecule has 1 aliphatic heterocycles. The molecule has 2 aromatic rings. The number of hydrogen-bond donors (Lipinski definition) is 0. The van der Waals surface area contributed by atoms with Crippen LogP contribution in [0.15, 0.2) is 59.2 Å². The summed E-state index contributed by atoms with van der Waals surface area (Å²) in [7, 11) is 0. The van der Waals surface area contributed by atoms with Gasteiger partial charge in [-0.25, -0.2) is 14.2 Å². The SMILES string of the molecule is CCCCCCCOc1ccc(C=C2N=C(c3ccc(F)cc3)OC2=O)cc1. The van der Waals surface area contributed by atoms with Gasteiger partial charge in [0.25, 0.3) is 0 Å². The van der Waals surface area contributed by atoms with E-state index in [4.69, 9.17) is 9.47 Å². The van der Waals surface area contributed by atoms with Gasteiger partial charge < -0.3 is 9.47 Å². The first-order valence-corrected chi connectivity index (χ1v) is 9.67. The summed E-state index contributed by atoms with van der Waals surface area (Å²) < 4.78 is 24.0. The minimum absolute atomic E-state index is 0.180. The summed E-state index contributed by atoms with van der Waals surface area (Å²) in [5.41, 5.74) is 1.59. The summed E-state index contributed by atoms with van der Waals surface area (Å²) in [5.74, 6) is 0.112. The molecule has 0 saturated carbocycles. The van der Waals surface area contributed by atoms with Gasteiger partial charge >= 0.3 is 5.97 Å². The van der Waals surface area contributed by atoms with Crippen LogP contribution in [0, 0.1) is 5.82 Å². The number of rotatable bonds is 9. The molecular formula is C23H24FNO3. The zero-order chi connectivity index (χ0) is 19.8. The van der Waals surface area contributed by atoms with E-state index in [1.807, 2.05) is 24.3 Å². The molecule has 5 heteroatoms. The summed E-state index contributed by atoms with van der Waals surface area (Å²) in [6.07, 6.45) is 7.67. The maximum atomic E-state index is 13.0. The van der Waals surface area contributed by atoms with Gasteiger partial charge in [-0.2, -0.15) is 0 Å². The molecule has 0 saturated heterocycles. The fourth-order valence-electron chi connectivity index (χ4n) is 2.84. The normalized spacial score (nSPS) is 14.9. The quantitative estimate of drug-likeness (QED) is 0.326. The van der Waals surface area contributed by atoms with Crippen LogP contribution in [0.2, 0.25) is 0 Å². The highest BCUT2D eigenvalue weighted by Crippen LogP contribution is 2.21. The second-order valence-corrected chi connectivity index (χ2v) is 6.67. The van der Waals surface area contributed by atoms with Crippen molar-refractivity contribution in [2.24, 2.45) is 4.99 Å². The van der Waals surface area contributed by atoms with Gasteiger partial charge in [0.05, 0.1) is 6.61 Å². The van der Waals surface area contributed by atoms with Crippen molar-refractivity contribution in [2.75, 3.05) is 6.61 Å². The Morgan fingerprint density at radius 2 is 1.71 bits per heavy atom. The number of benzene rings is 2. The number of unbranched alkanes of at least 4 members (excludes halogenated alkanes) is 4. The molecule has 0 aliphatic carbocycles. The van der Waals surface area contributed by atoms with Crippen LogP contribution in [0.25, 0.3) is 6.08 Å². The molecule has 3 rings (SSSR count). The lowest BCUT2D eigenvalue weighted by Gasteiger charge is -2.06. The predicted molar refractivity (Wildman–Crippen MR) is 108 cm³/mol. The molecule has 0 unspecified atom stereocenters. The Morgan fingerprint density at radius 1 is 1.00 bits per heavy atom.